The molecule has 0 spiro atoms. The number of hydrogen-bond donors (Lipinski definition) is 3. The van der Waals surface area contributed by atoms with Crippen LogP contribution in [0.1, 0.15) is 33.3 Å². The van der Waals surface area contributed by atoms with Crippen LogP contribution in [0, 0.1) is 0 Å². The molecule has 0 aliphatic rings. The van der Waals surface area contributed by atoms with Crippen molar-refractivity contribution in [2.45, 2.75) is 39.8 Å². The van der Waals surface area contributed by atoms with E-state index in [9.17, 15) is 0 Å². The van der Waals surface area contributed by atoms with E-state index in [1.54, 1.807) is 11.0 Å². The monoisotopic (exact) mass is 555 g/mol. The minimum absolute atomic E-state index is 0. The maximum absolute atomic E-state index is 6.20. The fourth-order valence-corrected chi connectivity index (χ4v) is 4.11. The van der Waals surface area contributed by atoms with Gasteiger partial charge in [0.15, 0.2) is 0 Å². The second-order valence-electron chi connectivity index (χ2n) is 8.63. The lowest BCUT2D eigenvalue weighted by atomic mass is 10.2. The fraction of sp³-hybridized carbons (Fsp3) is 0.296. The Morgan fingerprint density at radius 3 is 2.06 bits per heavy atom. The minimum atomic E-state index is 0. The molecular weight excluding hydrogens is 524 g/mol. The zero-order valence-electron chi connectivity index (χ0n) is 20.4. The zero-order valence-corrected chi connectivity index (χ0v) is 23.4. The SMILES string of the molecule is CC(C)[NH+](CCOc1ccc([NH+]=C(Nc2ccc(Cl)c(Cl)c2)c2ccccc2)cc1)C(C)C.[Cl-].[Cl-]. The van der Waals surface area contributed by atoms with E-state index in [0.29, 0.717) is 28.7 Å². The van der Waals surface area contributed by atoms with Crippen molar-refractivity contribution in [2.75, 3.05) is 18.5 Å². The predicted molar refractivity (Wildman–Crippen MR) is 139 cm³/mol. The predicted octanol–water partition coefficient (Wildman–Crippen LogP) is -1.65. The van der Waals surface area contributed by atoms with Gasteiger partial charge in [-0.25, -0.2) is 10.3 Å². The van der Waals surface area contributed by atoms with Gasteiger partial charge in [-0.05, 0) is 76.2 Å². The summed E-state index contributed by atoms with van der Waals surface area (Å²) >= 11 is 12.3. The number of amidine groups is 1. The molecule has 35 heavy (non-hydrogen) atoms. The molecule has 3 aromatic carbocycles. The molecule has 8 heteroatoms. The first-order valence-corrected chi connectivity index (χ1v) is 12.1. The number of rotatable bonds is 9. The molecule has 0 bridgehead atoms. The molecule has 0 unspecified atom stereocenters. The average Bonchev–Trinajstić information content (AvgIpc) is 2.80. The Hall–Kier alpha value is -1.95. The van der Waals surface area contributed by atoms with E-state index in [1.807, 2.05) is 66.7 Å². The van der Waals surface area contributed by atoms with Crippen molar-refractivity contribution in [1.82, 2.24) is 0 Å². The van der Waals surface area contributed by atoms with Crippen molar-refractivity contribution < 1.29 is 39.4 Å². The van der Waals surface area contributed by atoms with Gasteiger partial charge in [0.1, 0.15) is 30.3 Å². The molecule has 0 saturated heterocycles. The highest BCUT2D eigenvalue weighted by Gasteiger charge is 2.17. The lowest BCUT2D eigenvalue weighted by Gasteiger charge is -2.27. The Bertz CT molecular complexity index is 1050. The van der Waals surface area contributed by atoms with Gasteiger partial charge in [0.2, 0.25) is 0 Å². The summed E-state index contributed by atoms with van der Waals surface area (Å²) in [6, 6.07) is 24.8. The van der Waals surface area contributed by atoms with Gasteiger partial charge in [0.25, 0.3) is 5.84 Å². The number of anilines is 1. The van der Waals surface area contributed by atoms with Crippen LogP contribution < -0.4 is 44.8 Å². The molecule has 3 rings (SSSR count). The summed E-state index contributed by atoms with van der Waals surface area (Å²) in [6.07, 6.45) is 0. The van der Waals surface area contributed by atoms with Crippen molar-refractivity contribution in [3.8, 4) is 5.75 Å². The van der Waals surface area contributed by atoms with E-state index in [1.165, 1.54) is 0 Å². The first-order valence-electron chi connectivity index (χ1n) is 11.3. The largest absolute Gasteiger partial charge is 1.00 e. The number of nitrogens with one attached hydrogen (secondary N) is 3. The Labute approximate surface area is 231 Å². The number of halogens is 4. The molecule has 0 fully saturated rings. The fourth-order valence-electron chi connectivity index (χ4n) is 3.81. The summed E-state index contributed by atoms with van der Waals surface area (Å²) in [4.78, 5) is 5.02. The Kier molecular flexibility index (Phi) is 13.5. The molecular formula is C27H33Cl4N3O. The van der Waals surface area contributed by atoms with Gasteiger partial charge in [-0.3, -0.25) is 0 Å². The van der Waals surface area contributed by atoms with Crippen LogP contribution in [-0.2, 0) is 0 Å². The van der Waals surface area contributed by atoms with Gasteiger partial charge in [-0.2, -0.15) is 0 Å². The van der Waals surface area contributed by atoms with Crippen LogP contribution in [0.4, 0.5) is 11.4 Å². The van der Waals surface area contributed by atoms with Gasteiger partial charge in [-0.1, -0.05) is 41.4 Å². The zero-order chi connectivity index (χ0) is 23.8. The molecule has 0 heterocycles. The normalized spacial score (nSPS) is 11.3. The highest BCUT2D eigenvalue weighted by Crippen LogP contribution is 2.25. The Morgan fingerprint density at radius 2 is 1.49 bits per heavy atom. The highest BCUT2D eigenvalue weighted by atomic mass is 35.5. The van der Waals surface area contributed by atoms with Gasteiger partial charge in [-0.15, -0.1) is 0 Å². The third-order valence-corrected chi connectivity index (χ3v) is 6.26. The van der Waals surface area contributed by atoms with E-state index < -0.39 is 0 Å². The molecule has 0 atom stereocenters. The van der Waals surface area contributed by atoms with Crippen LogP contribution in [0.2, 0.25) is 10.0 Å². The number of benzene rings is 3. The van der Waals surface area contributed by atoms with Crippen molar-refractivity contribution in [3.63, 3.8) is 0 Å². The number of quaternary nitrogens is 1. The summed E-state index contributed by atoms with van der Waals surface area (Å²) in [7, 11) is 0. The molecule has 0 radical (unpaired) electrons. The minimum Gasteiger partial charge on any atom is -1.00 e. The Balaban J connectivity index is 0.00000306. The van der Waals surface area contributed by atoms with E-state index in [4.69, 9.17) is 27.9 Å². The molecule has 190 valence electrons. The summed E-state index contributed by atoms with van der Waals surface area (Å²) < 4.78 is 6.00. The van der Waals surface area contributed by atoms with Gasteiger partial charge in [0.05, 0.1) is 27.7 Å². The second kappa shape index (κ2) is 15.2. The number of hydrogen-bond acceptors (Lipinski definition) is 1. The average molecular weight is 557 g/mol. The molecule has 0 aliphatic carbocycles. The van der Waals surface area contributed by atoms with E-state index >= 15 is 0 Å². The second-order valence-corrected chi connectivity index (χ2v) is 9.44. The van der Waals surface area contributed by atoms with Crippen LogP contribution >= 0.6 is 23.2 Å². The van der Waals surface area contributed by atoms with E-state index in [2.05, 4.69) is 38.0 Å². The maximum atomic E-state index is 6.20. The first kappa shape index (κ1) is 31.1. The molecule has 3 aromatic rings. The maximum Gasteiger partial charge on any atom is 0.285 e. The molecule has 4 nitrogen and oxygen atoms in total. The third-order valence-electron chi connectivity index (χ3n) is 5.52. The molecule has 3 N–H and O–H groups in total. The quantitative estimate of drug-likeness (QED) is 0.218. The summed E-state index contributed by atoms with van der Waals surface area (Å²) in [5, 5.41) is 4.45. The molecule has 0 aromatic heterocycles. The van der Waals surface area contributed by atoms with Crippen LogP contribution in [-0.4, -0.2) is 31.1 Å². The van der Waals surface area contributed by atoms with Crippen LogP contribution in [0.3, 0.4) is 0 Å². The van der Waals surface area contributed by atoms with Crippen LogP contribution in [0.25, 0.3) is 0 Å². The highest BCUT2D eigenvalue weighted by molar-refractivity contribution is 6.42. The van der Waals surface area contributed by atoms with Gasteiger partial charge >= 0.3 is 0 Å². The lowest BCUT2D eigenvalue weighted by molar-refractivity contribution is -0.942. The van der Waals surface area contributed by atoms with Crippen molar-refractivity contribution in [1.29, 1.82) is 0 Å². The first-order chi connectivity index (χ1) is 15.8. The van der Waals surface area contributed by atoms with Crippen molar-refractivity contribution in [2.24, 2.45) is 0 Å². The molecule has 0 amide bonds. The van der Waals surface area contributed by atoms with Gasteiger partial charge < -0.3 is 34.5 Å². The van der Waals surface area contributed by atoms with Crippen molar-refractivity contribution >= 4 is 40.4 Å². The van der Waals surface area contributed by atoms with Gasteiger partial charge in [0, 0.05) is 6.07 Å². The van der Waals surface area contributed by atoms with Crippen molar-refractivity contribution in [3.05, 3.63) is 88.4 Å². The summed E-state index contributed by atoms with van der Waals surface area (Å²) in [5.74, 6) is 1.71. The van der Waals surface area contributed by atoms with E-state index in [0.717, 1.165) is 35.1 Å². The summed E-state index contributed by atoms with van der Waals surface area (Å²) in [6.45, 7) is 10.7. The third kappa shape index (κ3) is 9.55. The van der Waals surface area contributed by atoms with E-state index in [-0.39, 0.29) is 24.8 Å². The van der Waals surface area contributed by atoms with Crippen LogP contribution in [0.15, 0.2) is 72.8 Å². The summed E-state index contributed by atoms with van der Waals surface area (Å²) in [5.41, 5.74) is 2.82. The number of ether oxygens (including phenoxy) is 1. The Morgan fingerprint density at radius 1 is 0.857 bits per heavy atom. The smallest absolute Gasteiger partial charge is 0.285 e. The molecule has 0 aliphatic heterocycles. The molecule has 0 saturated carbocycles. The topological polar surface area (TPSA) is 39.7 Å². The lowest BCUT2D eigenvalue weighted by Crippen LogP contribution is -3.18. The standard InChI is InChI=1S/C27H31Cl2N3O.2ClH/c1-19(2)32(20(3)4)16-17-33-24-13-10-22(11-14-24)30-27(21-8-6-5-7-9-21)31-23-12-15-25(28)26(29)18-23;;/h5-15,18-20H,16-17H2,1-4H3,(H,30,31);2*1H. The van der Waals surface area contributed by atoms with Crippen LogP contribution in [0.5, 0.6) is 5.75 Å².